The minimum atomic E-state index is -1.69. The fourth-order valence-electron chi connectivity index (χ4n) is 4.31. The van der Waals surface area contributed by atoms with Gasteiger partial charge >= 0.3 is 0 Å². The average Bonchev–Trinajstić information content (AvgIpc) is 2.84. The predicted molar refractivity (Wildman–Crippen MR) is 120 cm³/mol. The standard InChI is InChI=1S/C23H44O11/c1-2-3-4-5-6-7-8-9-10-11-31-22-20(30)18(28)21(15(13-25)33-22)34-23-19(29)17(27)16(26)14(12-24)32-23/h14-30H,2-13H2,1H3/t14-,15-,16-,17+,18-,19-,20-,21?,22-,23-/m1/s1. The van der Waals surface area contributed by atoms with E-state index in [9.17, 15) is 35.7 Å². The molecule has 0 bridgehead atoms. The Labute approximate surface area is 201 Å². The van der Waals surface area contributed by atoms with Crippen LogP contribution < -0.4 is 0 Å². The van der Waals surface area contributed by atoms with Gasteiger partial charge in [0.05, 0.1) is 13.2 Å². The van der Waals surface area contributed by atoms with Crippen LogP contribution in [0.15, 0.2) is 0 Å². The largest absolute Gasteiger partial charge is 0.394 e. The predicted octanol–water partition coefficient (Wildman–Crippen LogP) is -0.842. The molecule has 0 spiro atoms. The Morgan fingerprint density at radius 1 is 0.588 bits per heavy atom. The Kier molecular flexibility index (Phi) is 13.7. The third kappa shape index (κ3) is 8.31. The summed E-state index contributed by atoms with van der Waals surface area (Å²) in [5.74, 6) is 0. The van der Waals surface area contributed by atoms with Crippen molar-refractivity contribution in [3.05, 3.63) is 0 Å². The SMILES string of the molecule is CCCCCCCCCCCO[C@@H]1O[C@H](CO)C(O[C@H]2O[C@H](CO)[C@@H](O)[C@H](O)[C@H]2O)[C@H](O)[C@H]1O. The van der Waals surface area contributed by atoms with Gasteiger partial charge in [-0.25, -0.2) is 0 Å². The van der Waals surface area contributed by atoms with Crippen molar-refractivity contribution in [3.8, 4) is 0 Å². The second-order valence-electron chi connectivity index (χ2n) is 9.20. The van der Waals surface area contributed by atoms with E-state index in [0.717, 1.165) is 19.3 Å². The molecule has 11 nitrogen and oxygen atoms in total. The highest BCUT2D eigenvalue weighted by Gasteiger charge is 2.50. The Morgan fingerprint density at radius 2 is 1.12 bits per heavy atom. The van der Waals surface area contributed by atoms with Crippen molar-refractivity contribution in [1.29, 1.82) is 0 Å². The lowest BCUT2D eigenvalue weighted by Gasteiger charge is -2.45. The topological polar surface area (TPSA) is 179 Å². The van der Waals surface area contributed by atoms with Crippen LogP contribution in [-0.2, 0) is 18.9 Å². The van der Waals surface area contributed by atoms with Gasteiger partial charge in [0.15, 0.2) is 12.6 Å². The first-order valence-electron chi connectivity index (χ1n) is 12.6. The number of hydrogen-bond acceptors (Lipinski definition) is 11. The van der Waals surface area contributed by atoms with Crippen LogP contribution in [0, 0.1) is 0 Å². The highest BCUT2D eigenvalue weighted by molar-refractivity contribution is 4.94. The fraction of sp³-hybridized carbons (Fsp3) is 1.00. The molecular weight excluding hydrogens is 452 g/mol. The van der Waals surface area contributed by atoms with Gasteiger partial charge in [-0.15, -0.1) is 0 Å². The lowest BCUT2D eigenvalue weighted by Crippen LogP contribution is -2.64. The molecule has 11 heteroatoms. The van der Waals surface area contributed by atoms with Crippen LogP contribution in [0.4, 0.5) is 0 Å². The summed E-state index contributed by atoms with van der Waals surface area (Å²) in [4.78, 5) is 0. The zero-order chi connectivity index (χ0) is 25.1. The highest BCUT2D eigenvalue weighted by Crippen LogP contribution is 2.29. The first-order valence-corrected chi connectivity index (χ1v) is 12.6. The van der Waals surface area contributed by atoms with Gasteiger partial charge in [-0.3, -0.25) is 0 Å². The van der Waals surface area contributed by atoms with E-state index in [1.54, 1.807) is 0 Å². The molecule has 2 fully saturated rings. The van der Waals surface area contributed by atoms with E-state index >= 15 is 0 Å². The monoisotopic (exact) mass is 496 g/mol. The third-order valence-corrected chi connectivity index (χ3v) is 6.49. The molecule has 202 valence electrons. The van der Waals surface area contributed by atoms with Crippen LogP contribution in [0.25, 0.3) is 0 Å². The molecule has 2 aliphatic rings. The van der Waals surface area contributed by atoms with Crippen molar-refractivity contribution in [1.82, 2.24) is 0 Å². The molecule has 0 aromatic heterocycles. The minimum Gasteiger partial charge on any atom is -0.394 e. The summed E-state index contributed by atoms with van der Waals surface area (Å²) >= 11 is 0. The van der Waals surface area contributed by atoms with Crippen molar-refractivity contribution in [3.63, 3.8) is 0 Å². The molecule has 0 saturated carbocycles. The summed E-state index contributed by atoms with van der Waals surface area (Å²) in [7, 11) is 0. The maximum Gasteiger partial charge on any atom is 0.187 e. The lowest BCUT2D eigenvalue weighted by molar-refractivity contribution is -0.359. The molecule has 0 aliphatic carbocycles. The molecule has 2 aliphatic heterocycles. The smallest absolute Gasteiger partial charge is 0.187 e. The molecule has 34 heavy (non-hydrogen) atoms. The summed E-state index contributed by atoms with van der Waals surface area (Å²) in [5, 5.41) is 70.0. The Morgan fingerprint density at radius 3 is 1.71 bits per heavy atom. The van der Waals surface area contributed by atoms with Crippen molar-refractivity contribution in [2.45, 2.75) is 126 Å². The van der Waals surface area contributed by atoms with Crippen molar-refractivity contribution in [2.75, 3.05) is 19.8 Å². The van der Waals surface area contributed by atoms with Crippen LogP contribution in [0.5, 0.6) is 0 Å². The zero-order valence-corrected chi connectivity index (χ0v) is 20.0. The number of aliphatic hydroxyl groups is 7. The Bertz CT molecular complexity index is 535. The normalized spacial score (nSPS) is 38.8. The molecule has 10 atom stereocenters. The maximum absolute atomic E-state index is 10.6. The second-order valence-corrected chi connectivity index (χ2v) is 9.20. The summed E-state index contributed by atoms with van der Waals surface area (Å²) in [6.45, 7) is 1.29. The van der Waals surface area contributed by atoms with Gasteiger partial charge in [-0.05, 0) is 6.42 Å². The summed E-state index contributed by atoms with van der Waals surface area (Å²) in [6, 6.07) is 0. The van der Waals surface area contributed by atoms with Crippen molar-refractivity contribution < 1.29 is 54.7 Å². The molecule has 2 heterocycles. The third-order valence-electron chi connectivity index (χ3n) is 6.49. The molecule has 0 amide bonds. The highest BCUT2D eigenvalue weighted by atomic mass is 16.7. The number of ether oxygens (including phenoxy) is 4. The van der Waals surface area contributed by atoms with Gasteiger partial charge in [-0.2, -0.15) is 0 Å². The number of hydrogen-bond donors (Lipinski definition) is 7. The van der Waals surface area contributed by atoms with Crippen LogP contribution in [0.1, 0.15) is 64.7 Å². The molecular formula is C23H44O11. The number of unbranched alkanes of at least 4 members (excludes halogenated alkanes) is 8. The van der Waals surface area contributed by atoms with E-state index in [1.807, 2.05) is 0 Å². The van der Waals surface area contributed by atoms with E-state index in [4.69, 9.17) is 18.9 Å². The first-order chi connectivity index (χ1) is 16.3. The van der Waals surface area contributed by atoms with Gasteiger partial charge < -0.3 is 54.7 Å². The summed E-state index contributed by atoms with van der Waals surface area (Å²) < 4.78 is 22.0. The summed E-state index contributed by atoms with van der Waals surface area (Å²) in [5.41, 5.74) is 0. The number of aliphatic hydroxyl groups excluding tert-OH is 7. The van der Waals surface area contributed by atoms with Crippen LogP contribution >= 0.6 is 0 Å². The average molecular weight is 497 g/mol. The van der Waals surface area contributed by atoms with E-state index < -0.39 is 74.6 Å². The molecule has 0 radical (unpaired) electrons. The van der Waals surface area contributed by atoms with Gasteiger partial charge in [0, 0.05) is 6.61 Å². The van der Waals surface area contributed by atoms with E-state index in [1.165, 1.54) is 38.5 Å². The van der Waals surface area contributed by atoms with Gasteiger partial charge in [0.2, 0.25) is 0 Å². The Hall–Kier alpha value is -0.440. The Balaban J connectivity index is 1.78. The van der Waals surface area contributed by atoms with Gasteiger partial charge in [-0.1, -0.05) is 58.3 Å². The van der Waals surface area contributed by atoms with E-state index in [-0.39, 0.29) is 0 Å². The molecule has 7 N–H and O–H groups in total. The molecule has 1 unspecified atom stereocenters. The molecule has 2 rings (SSSR count). The van der Waals surface area contributed by atoms with E-state index in [0.29, 0.717) is 6.61 Å². The van der Waals surface area contributed by atoms with Crippen molar-refractivity contribution >= 4 is 0 Å². The first kappa shape index (κ1) is 29.8. The summed E-state index contributed by atoms with van der Waals surface area (Å²) in [6.07, 6.45) is -3.99. The molecule has 2 saturated heterocycles. The number of rotatable bonds is 15. The van der Waals surface area contributed by atoms with Crippen LogP contribution in [0.3, 0.4) is 0 Å². The van der Waals surface area contributed by atoms with Crippen molar-refractivity contribution in [2.24, 2.45) is 0 Å². The zero-order valence-electron chi connectivity index (χ0n) is 20.0. The lowest BCUT2D eigenvalue weighted by atomic mass is 9.97. The molecule has 0 aromatic carbocycles. The second kappa shape index (κ2) is 15.6. The van der Waals surface area contributed by atoms with Gasteiger partial charge in [0.25, 0.3) is 0 Å². The van der Waals surface area contributed by atoms with Gasteiger partial charge in [0.1, 0.15) is 48.8 Å². The quantitative estimate of drug-likeness (QED) is 0.141. The molecule has 0 aromatic rings. The maximum atomic E-state index is 10.6. The van der Waals surface area contributed by atoms with Crippen LogP contribution in [0.2, 0.25) is 0 Å². The van der Waals surface area contributed by atoms with E-state index in [2.05, 4.69) is 6.92 Å². The van der Waals surface area contributed by atoms with Crippen LogP contribution in [-0.4, -0.2) is 117 Å². The minimum absolute atomic E-state index is 0.320. The fourth-order valence-corrected chi connectivity index (χ4v) is 4.31.